The van der Waals surface area contributed by atoms with Crippen LogP contribution in [0.3, 0.4) is 0 Å². The van der Waals surface area contributed by atoms with Crippen molar-refractivity contribution in [2.24, 2.45) is 0 Å². The van der Waals surface area contributed by atoms with E-state index in [2.05, 4.69) is 86.8 Å². The highest BCUT2D eigenvalue weighted by Gasteiger charge is 2.24. The van der Waals surface area contributed by atoms with Crippen LogP contribution in [0.5, 0.6) is 0 Å². The van der Waals surface area contributed by atoms with Crippen LogP contribution in [0.15, 0.2) is 60.8 Å². The van der Waals surface area contributed by atoms with Gasteiger partial charge in [-0.3, -0.25) is 9.59 Å². The third-order valence-corrected chi connectivity index (χ3v) is 12.6. The number of carbonyl (C=O) groups excluding carboxylic acids is 2. The highest BCUT2D eigenvalue weighted by atomic mass is 16.5. The van der Waals surface area contributed by atoms with Crippen molar-refractivity contribution in [1.29, 1.82) is 0 Å². The highest BCUT2D eigenvalue weighted by molar-refractivity contribution is 5.77. The van der Waals surface area contributed by atoms with Crippen LogP contribution in [0.4, 0.5) is 0 Å². The lowest BCUT2D eigenvalue weighted by molar-refractivity contribution is -0.151. The van der Waals surface area contributed by atoms with Crippen LogP contribution < -0.4 is 5.32 Å². The lowest BCUT2D eigenvalue weighted by Gasteiger charge is -2.24. The largest absolute Gasteiger partial charge is 0.462 e. The average molecular weight is 911 g/mol. The molecule has 0 rings (SSSR count). The van der Waals surface area contributed by atoms with Crippen LogP contribution in [0.1, 0.15) is 278 Å². The van der Waals surface area contributed by atoms with E-state index in [0.717, 1.165) is 83.5 Å². The minimum absolute atomic E-state index is 0.0512. The van der Waals surface area contributed by atoms with Crippen molar-refractivity contribution in [3.63, 3.8) is 0 Å². The molecule has 0 radical (unpaired) electrons. The fraction of sp³-hybridized carbons (Fsp3) is 0.797. The Labute approximate surface area is 403 Å². The summed E-state index contributed by atoms with van der Waals surface area (Å²) >= 11 is 0. The van der Waals surface area contributed by atoms with Crippen molar-refractivity contribution in [2.45, 2.75) is 296 Å². The fourth-order valence-corrected chi connectivity index (χ4v) is 8.34. The Hall–Kier alpha value is -2.44. The van der Waals surface area contributed by atoms with Gasteiger partial charge in [-0.05, 0) is 83.5 Å². The second kappa shape index (κ2) is 52.5. The number of nitrogens with one attached hydrogen (secondary N) is 1. The van der Waals surface area contributed by atoms with Crippen LogP contribution in [0.2, 0.25) is 0 Å². The van der Waals surface area contributed by atoms with Crippen LogP contribution in [-0.2, 0) is 14.3 Å². The smallest absolute Gasteiger partial charge is 0.306 e. The Bertz CT molecular complexity index is 1160. The molecule has 0 aromatic carbocycles. The van der Waals surface area contributed by atoms with Crippen LogP contribution >= 0.6 is 0 Å². The predicted octanol–water partition coefficient (Wildman–Crippen LogP) is 17.2. The summed E-state index contributed by atoms with van der Waals surface area (Å²) in [6.45, 7) is 6.45. The van der Waals surface area contributed by atoms with E-state index in [1.54, 1.807) is 0 Å². The number of rotatable bonds is 50. The Morgan fingerprint density at radius 1 is 0.462 bits per heavy atom. The first-order chi connectivity index (χ1) is 32.0. The number of aliphatic hydroxyl groups is 2. The van der Waals surface area contributed by atoms with Gasteiger partial charge < -0.3 is 20.3 Å². The fourth-order valence-electron chi connectivity index (χ4n) is 8.34. The molecule has 0 heterocycles. The normalized spacial score (nSPS) is 13.6. The standard InChI is InChI=1S/C59H107NO5/c1-4-7-10-13-16-19-22-25-27-29-31-34-37-40-43-46-49-52-59(64)65-55(50-47-44-41-38-35-33-30-28-26-23-20-17-14-11-8-5-2)53-58(63)60-56(54-61)57(62)51-48-45-42-39-36-32-24-21-18-15-12-9-6-3/h16,19,23,25-28,30,33,35,55-57,61-62H,4-15,17-18,20-22,24,29,31-32,34,36-54H2,1-3H3,(H,60,63)/b19-16-,26-23+,27-25-,30-28+,35-33+. The van der Waals surface area contributed by atoms with E-state index in [-0.39, 0.29) is 24.9 Å². The van der Waals surface area contributed by atoms with E-state index < -0.39 is 18.2 Å². The first kappa shape index (κ1) is 62.6. The second-order valence-electron chi connectivity index (χ2n) is 19.0. The number of ether oxygens (including phenoxy) is 1. The lowest BCUT2D eigenvalue weighted by atomic mass is 10.0. The van der Waals surface area contributed by atoms with Crippen molar-refractivity contribution < 1.29 is 24.5 Å². The first-order valence-electron chi connectivity index (χ1n) is 28.0. The summed E-state index contributed by atoms with van der Waals surface area (Å²) in [4.78, 5) is 26.2. The summed E-state index contributed by atoms with van der Waals surface area (Å²) in [5.41, 5.74) is 0. The zero-order valence-electron chi connectivity index (χ0n) is 43.1. The van der Waals surface area contributed by atoms with Crippen LogP contribution in [0.25, 0.3) is 0 Å². The molecular formula is C59H107NO5. The number of unbranched alkanes of at least 4 members (excludes halogenated alkanes) is 30. The minimum Gasteiger partial charge on any atom is -0.462 e. The van der Waals surface area contributed by atoms with Crippen LogP contribution in [-0.4, -0.2) is 46.9 Å². The van der Waals surface area contributed by atoms with Gasteiger partial charge in [0, 0.05) is 6.42 Å². The third kappa shape index (κ3) is 47.8. The average Bonchev–Trinajstić information content (AvgIpc) is 3.30. The van der Waals surface area contributed by atoms with Crippen LogP contribution in [0, 0.1) is 0 Å². The number of amides is 1. The van der Waals surface area contributed by atoms with Crippen molar-refractivity contribution in [2.75, 3.05) is 6.61 Å². The van der Waals surface area contributed by atoms with Gasteiger partial charge in [0.05, 0.1) is 25.2 Å². The number of aliphatic hydroxyl groups excluding tert-OH is 2. The quantitative estimate of drug-likeness (QED) is 0.0245. The Balaban J connectivity index is 4.65. The third-order valence-electron chi connectivity index (χ3n) is 12.6. The molecule has 6 nitrogen and oxygen atoms in total. The molecule has 3 unspecified atom stereocenters. The second-order valence-corrected chi connectivity index (χ2v) is 19.0. The Kier molecular flexibility index (Phi) is 50.6. The number of hydrogen-bond acceptors (Lipinski definition) is 5. The number of esters is 1. The molecular weight excluding hydrogens is 803 g/mol. The molecule has 0 aliphatic heterocycles. The van der Waals surface area contributed by atoms with E-state index in [4.69, 9.17) is 4.74 Å². The molecule has 0 aliphatic carbocycles. The molecule has 0 saturated carbocycles. The molecule has 0 bridgehead atoms. The van der Waals surface area contributed by atoms with Crippen molar-refractivity contribution in [1.82, 2.24) is 5.32 Å². The van der Waals surface area contributed by atoms with Gasteiger partial charge in [0.15, 0.2) is 0 Å². The maximum absolute atomic E-state index is 13.2. The SMILES string of the molecule is CCCCC/C=C\C/C=C\CCCCCCCCCC(=O)OC(CCCCC/C=C/C=C/C=C/CCCCCCC)CC(=O)NC(CO)C(O)CCCCCCCCCCCCCCC. The molecule has 0 aromatic heterocycles. The minimum atomic E-state index is -0.800. The van der Waals surface area contributed by atoms with Gasteiger partial charge >= 0.3 is 5.97 Å². The molecule has 0 spiro atoms. The van der Waals surface area contributed by atoms with E-state index in [1.165, 1.54) is 148 Å². The molecule has 6 heteroatoms. The maximum Gasteiger partial charge on any atom is 0.306 e. The topological polar surface area (TPSA) is 95.9 Å². The molecule has 65 heavy (non-hydrogen) atoms. The van der Waals surface area contributed by atoms with Crippen molar-refractivity contribution >= 4 is 11.9 Å². The van der Waals surface area contributed by atoms with Gasteiger partial charge in [-0.25, -0.2) is 0 Å². The molecule has 3 N–H and O–H groups in total. The molecule has 0 aliphatic rings. The summed E-state index contributed by atoms with van der Waals surface area (Å²) in [5.74, 6) is -0.511. The van der Waals surface area contributed by atoms with E-state index in [9.17, 15) is 19.8 Å². The Morgan fingerprint density at radius 3 is 1.34 bits per heavy atom. The van der Waals surface area contributed by atoms with Crippen molar-refractivity contribution in [3.05, 3.63) is 60.8 Å². The summed E-state index contributed by atoms with van der Waals surface area (Å²) in [6, 6.07) is -0.716. The molecule has 1 amide bonds. The first-order valence-corrected chi connectivity index (χ1v) is 28.0. The van der Waals surface area contributed by atoms with Gasteiger partial charge in [0.2, 0.25) is 5.91 Å². The lowest BCUT2D eigenvalue weighted by Crippen LogP contribution is -2.46. The van der Waals surface area contributed by atoms with Gasteiger partial charge in [0.25, 0.3) is 0 Å². The van der Waals surface area contributed by atoms with E-state index in [1.807, 2.05) is 0 Å². The summed E-state index contributed by atoms with van der Waals surface area (Å²) in [6.07, 6.45) is 65.6. The molecule has 378 valence electrons. The zero-order valence-corrected chi connectivity index (χ0v) is 43.1. The van der Waals surface area contributed by atoms with E-state index >= 15 is 0 Å². The molecule has 0 saturated heterocycles. The Morgan fingerprint density at radius 2 is 0.846 bits per heavy atom. The zero-order chi connectivity index (χ0) is 47.4. The van der Waals surface area contributed by atoms with E-state index in [0.29, 0.717) is 19.3 Å². The van der Waals surface area contributed by atoms with Crippen molar-refractivity contribution in [3.8, 4) is 0 Å². The number of hydrogen-bond donors (Lipinski definition) is 3. The highest BCUT2D eigenvalue weighted by Crippen LogP contribution is 2.18. The molecule has 0 aromatic rings. The monoisotopic (exact) mass is 910 g/mol. The van der Waals surface area contributed by atoms with Gasteiger partial charge in [-0.15, -0.1) is 0 Å². The number of carbonyl (C=O) groups is 2. The maximum atomic E-state index is 13.2. The van der Waals surface area contributed by atoms with Gasteiger partial charge in [0.1, 0.15) is 6.10 Å². The summed E-state index contributed by atoms with van der Waals surface area (Å²) < 4.78 is 5.94. The predicted molar refractivity (Wildman–Crippen MR) is 282 cm³/mol. The number of allylic oxidation sites excluding steroid dienone is 10. The molecule has 3 atom stereocenters. The van der Waals surface area contributed by atoms with Gasteiger partial charge in [-0.1, -0.05) is 242 Å². The van der Waals surface area contributed by atoms with Gasteiger partial charge in [-0.2, -0.15) is 0 Å². The summed E-state index contributed by atoms with van der Waals surface area (Å²) in [7, 11) is 0. The molecule has 0 fully saturated rings. The summed E-state index contributed by atoms with van der Waals surface area (Å²) in [5, 5.41) is 23.8.